The molecule has 0 aliphatic carbocycles. The largest absolute Gasteiger partial charge is 0.467 e. The second-order valence-corrected chi connectivity index (χ2v) is 5.98. The minimum Gasteiger partial charge on any atom is -0.467 e. The van der Waals surface area contributed by atoms with Gasteiger partial charge in [-0.1, -0.05) is 0 Å². The van der Waals surface area contributed by atoms with Crippen LogP contribution in [0.2, 0.25) is 0 Å². The summed E-state index contributed by atoms with van der Waals surface area (Å²) in [6.45, 7) is 4.41. The van der Waals surface area contributed by atoms with E-state index in [2.05, 4.69) is 4.74 Å². The Morgan fingerprint density at radius 2 is 2.05 bits per heavy atom. The summed E-state index contributed by atoms with van der Waals surface area (Å²) in [5.74, 6) is -0.717. The number of rotatable bonds is 2. The Hall–Kier alpha value is -1.37. The second-order valence-electron chi connectivity index (χ2n) is 5.98. The first-order valence-electron chi connectivity index (χ1n) is 6.49. The molecule has 0 saturated carbocycles. The first-order chi connectivity index (χ1) is 9.12. The van der Waals surface area contributed by atoms with Crippen molar-refractivity contribution >= 4 is 12.1 Å². The number of esters is 1. The fourth-order valence-corrected chi connectivity index (χ4v) is 2.06. The molecule has 1 N–H and O–H groups in total. The lowest BCUT2D eigenvalue weighted by atomic mass is 9.89. The highest BCUT2D eigenvalue weighted by Gasteiger charge is 2.46. The number of piperidine rings is 1. The van der Waals surface area contributed by atoms with Crippen LogP contribution in [0.3, 0.4) is 0 Å². The quantitative estimate of drug-likeness (QED) is 0.775. The van der Waals surface area contributed by atoms with E-state index in [-0.39, 0.29) is 19.4 Å². The average molecular weight is 291 g/mol. The van der Waals surface area contributed by atoms with E-state index in [9.17, 15) is 14.0 Å². The number of nitrogens with zero attached hydrogens (tertiary/aromatic N) is 1. The van der Waals surface area contributed by atoms with Crippen molar-refractivity contribution < 1.29 is 28.6 Å². The Balaban J connectivity index is 2.89. The van der Waals surface area contributed by atoms with Crippen LogP contribution < -0.4 is 0 Å². The number of aliphatic hydroxyl groups is 1. The number of halogens is 1. The first kappa shape index (κ1) is 16.7. The van der Waals surface area contributed by atoms with Crippen LogP contribution in [0, 0.1) is 0 Å². The van der Waals surface area contributed by atoms with E-state index in [1.807, 2.05) is 0 Å². The van der Waals surface area contributed by atoms with Gasteiger partial charge < -0.3 is 14.6 Å². The smallest absolute Gasteiger partial charge is 0.411 e. The number of methoxy groups -OCH3 is 1. The van der Waals surface area contributed by atoms with Crippen LogP contribution in [0.1, 0.15) is 33.6 Å². The Morgan fingerprint density at radius 1 is 1.45 bits per heavy atom. The van der Waals surface area contributed by atoms with Gasteiger partial charge in [0, 0.05) is 19.4 Å². The van der Waals surface area contributed by atoms with Gasteiger partial charge in [0.1, 0.15) is 17.3 Å². The molecule has 0 bridgehead atoms. The minimum absolute atomic E-state index is 0.00819. The zero-order valence-electron chi connectivity index (χ0n) is 12.3. The van der Waals surface area contributed by atoms with Gasteiger partial charge in [0.05, 0.1) is 13.7 Å². The minimum atomic E-state index is -1.88. The zero-order chi connectivity index (χ0) is 15.6. The molecule has 1 rings (SSSR count). The molecule has 0 spiro atoms. The molecule has 0 radical (unpaired) electrons. The average Bonchev–Trinajstić information content (AvgIpc) is 2.35. The third-order valence-electron chi connectivity index (χ3n) is 3.12. The summed E-state index contributed by atoms with van der Waals surface area (Å²) in [5.41, 5.74) is -2.59. The van der Waals surface area contributed by atoms with Crippen LogP contribution in [0.5, 0.6) is 0 Å². The molecular weight excluding hydrogens is 269 g/mol. The lowest BCUT2D eigenvalue weighted by Crippen LogP contribution is -2.56. The van der Waals surface area contributed by atoms with Crippen LogP contribution in [0.15, 0.2) is 0 Å². The van der Waals surface area contributed by atoms with E-state index in [4.69, 9.17) is 9.84 Å². The second kappa shape index (κ2) is 5.95. The molecule has 2 unspecified atom stereocenters. The SMILES string of the molecule is COC(=O)C1CC(F)(CO)CCN1C(=O)OC(C)(C)C. The third kappa shape index (κ3) is 4.06. The number of amides is 1. The number of hydrogen-bond acceptors (Lipinski definition) is 5. The van der Waals surface area contributed by atoms with E-state index >= 15 is 0 Å². The van der Waals surface area contributed by atoms with Gasteiger partial charge in [-0.2, -0.15) is 0 Å². The number of aliphatic hydroxyl groups excluding tert-OH is 1. The van der Waals surface area contributed by atoms with Crippen molar-refractivity contribution in [2.24, 2.45) is 0 Å². The van der Waals surface area contributed by atoms with Crippen molar-refractivity contribution in [2.45, 2.75) is 50.9 Å². The maximum Gasteiger partial charge on any atom is 0.411 e. The summed E-state index contributed by atoms with van der Waals surface area (Å²) in [6, 6.07) is -1.08. The standard InChI is InChI=1S/C13H22FNO5/c1-12(2,3)20-11(18)15-6-5-13(14,8-16)7-9(15)10(17)19-4/h9,16H,5-8H2,1-4H3. The van der Waals surface area contributed by atoms with Gasteiger partial charge in [-0.25, -0.2) is 14.0 Å². The Bertz CT molecular complexity index is 381. The predicted octanol–water partition coefficient (Wildman–Crippen LogP) is 1.26. The molecule has 1 saturated heterocycles. The summed E-state index contributed by atoms with van der Waals surface area (Å²) in [5, 5.41) is 9.07. The maximum atomic E-state index is 14.2. The van der Waals surface area contributed by atoms with Crippen molar-refractivity contribution in [3.05, 3.63) is 0 Å². The highest BCUT2D eigenvalue weighted by Crippen LogP contribution is 2.31. The normalized spacial score (nSPS) is 27.1. The van der Waals surface area contributed by atoms with Crippen LogP contribution in [-0.2, 0) is 14.3 Å². The van der Waals surface area contributed by atoms with Crippen molar-refractivity contribution in [3.63, 3.8) is 0 Å². The molecule has 1 aliphatic rings. The molecule has 116 valence electrons. The van der Waals surface area contributed by atoms with E-state index in [0.29, 0.717) is 0 Å². The summed E-state index contributed by atoms with van der Waals surface area (Å²) < 4.78 is 24.0. The van der Waals surface area contributed by atoms with Gasteiger partial charge >= 0.3 is 12.1 Å². The van der Waals surface area contributed by atoms with Gasteiger partial charge in [0.2, 0.25) is 0 Å². The number of alkyl halides is 1. The predicted molar refractivity (Wildman–Crippen MR) is 68.9 cm³/mol. The number of hydrogen-bond donors (Lipinski definition) is 1. The Labute approximate surface area is 117 Å². The van der Waals surface area contributed by atoms with Gasteiger partial charge in [-0.05, 0) is 20.8 Å². The molecule has 1 heterocycles. The van der Waals surface area contributed by atoms with Crippen LogP contribution in [0.25, 0.3) is 0 Å². The van der Waals surface area contributed by atoms with E-state index in [0.717, 1.165) is 4.90 Å². The molecule has 6 nitrogen and oxygen atoms in total. The summed E-state index contributed by atoms with van der Waals surface area (Å²) in [4.78, 5) is 24.9. The monoisotopic (exact) mass is 291 g/mol. The lowest BCUT2D eigenvalue weighted by molar-refractivity contribution is -0.151. The number of likely N-dealkylation sites (tertiary alicyclic amines) is 1. The van der Waals surface area contributed by atoms with Crippen LogP contribution >= 0.6 is 0 Å². The lowest BCUT2D eigenvalue weighted by Gasteiger charge is -2.40. The van der Waals surface area contributed by atoms with Gasteiger partial charge in [-0.15, -0.1) is 0 Å². The fourth-order valence-electron chi connectivity index (χ4n) is 2.06. The molecule has 0 aromatic rings. The molecule has 7 heteroatoms. The Kier molecular flexibility index (Phi) is 4.96. The molecule has 0 aromatic carbocycles. The zero-order valence-corrected chi connectivity index (χ0v) is 12.3. The van der Waals surface area contributed by atoms with Gasteiger partial charge in [0.25, 0.3) is 0 Å². The van der Waals surface area contributed by atoms with E-state index < -0.39 is 36.0 Å². The van der Waals surface area contributed by atoms with Crippen molar-refractivity contribution in [1.29, 1.82) is 0 Å². The fraction of sp³-hybridized carbons (Fsp3) is 0.846. The highest BCUT2D eigenvalue weighted by molar-refractivity contribution is 5.82. The number of carbonyl (C=O) groups is 2. The van der Waals surface area contributed by atoms with Gasteiger partial charge in [0.15, 0.2) is 0 Å². The summed E-state index contributed by atoms with van der Waals surface area (Å²) in [7, 11) is 1.17. The topological polar surface area (TPSA) is 76.1 Å². The summed E-state index contributed by atoms with van der Waals surface area (Å²) >= 11 is 0. The molecule has 1 fully saturated rings. The molecule has 1 amide bonds. The van der Waals surface area contributed by atoms with Crippen LogP contribution in [-0.4, -0.2) is 59.6 Å². The van der Waals surface area contributed by atoms with Crippen molar-refractivity contribution in [2.75, 3.05) is 20.3 Å². The highest BCUT2D eigenvalue weighted by atomic mass is 19.1. The molecule has 1 aliphatic heterocycles. The summed E-state index contributed by atoms with van der Waals surface area (Å²) in [6.07, 6.45) is -1.03. The third-order valence-corrected chi connectivity index (χ3v) is 3.12. The maximum absolute atomic E-state index is 14.2. The Morgan fingerprint density at radius 3 is 2.50 bits per heavy atom. The van der Waals surface area contributed by atoms with Gasteiger partial charge in [-0.3, -0.25) is 4.90 Å². The molecular formula is C13H22FNO5. The van der Waals surface area contributed by atoms with Crippen molar-refractivity contribution in [1.82, 2.24) is 4.90 Å². The van der Waals surface area contributed by atoms with E-state index in [1.165, 1.54) is 7.11 Å². The number of carbonyl (C=O) groups excluding carboxylic acids is 2. The van der Waals surface area contributed by atoms with E-state index in [1.54, 1.807) is 20.8 Å². The van der Waals surface area contributed by atoms with Crippen LogP contribution in [0.4, 0.5) is 9.18 Å². The molecule has 20 heavy (non-hydrogen) atoms. The van der Waals surface area contributed by atoms with Crippen molar-refractivity contribution in [3.8, 4) is 0 Å². The molecule has 0 aromatic heterocycles. The molecule has 2 atom stereocenters. The number of ether oxygens (including phenoxy) is 2. The first-order valence-corrected chi connectivity index (χ1v) is 6.49.